The molecule has 1 aliphatic heterocycles. The molecule has 2 heterocycles. The Hall–Kier alpha value is -1.43. The summed E-state index contributed by atoms with van der Waals surface area (Å²) in [5.41, 5.74) is 0.443. The van der Waals surface area contributed by atoms with Gasteiger partial charge in [0.05, 0.1) is 6.20 Å². The van der Waals surface area contributed by atoms with Crippen LogP contribution in [-0.4, -0.2) is 52.0 Å². The van der Waals surface area contributed by atoms with Gasteiger partial charge in [-0.25, -0.2) is 0 Å². The van der Waals surface area contributed by atoms with Gasteiger partial charge in [0.2, 0.25) is 0 Å². The van der Waals surface area contributed by atoms with Gasteiger partial charge in [0.25, 0.3) is 5.91 Å². The number of rotatable bonds is 2. The van der Waals surface area contributed by atoms with Crippen LogP contribution in [0.2, 0.25) is 0 Å². The van der Waals surface area contributed by atoms with Crippen molar-refractivity contribution >= 4 is 5.91 Å². The first-order chi connectivity index (χ1) is 7.31. The number of aryl methyl sites for hydroxylation is 1. The van der Waals surface area contributed by atoms with Crippen LogP contribution in [0.15, 0.2) is 6.20 Å². The molecule has 0 bridgehead atoms. The fourth-order valence-electron chi connectivity index (χ4n) is 1.58. The van der Waals surface area contributed by atoms with Gasteiger partial charge in [0.15, 0.2) is 5.69 Å². The first-order valence-electron chi connectivity index (χ1n) is 5.21. The summed E-state index contributed by atoms with van der Waals surface area (Å²) < 4.78 is 1.66. The monoisotopic (exact) mass is 209 g/mol. The molecule has 1 aromatic rings. The number of nitrogens with one attached hydrogen (secondary N) is 1. The van der Waals surface area contributed by atoms with E-state index in [1.54, 1.807) is 15.8 Å². The molecule has 1 amide bonds. The summed E-state index contributed by atoms with van der Waals surface area (Å²) in [6, 6.07) is 0. The molecular formula is C9H15N5O. The zero-order valence-electron chi connectivity index (χ0n) is 8.81. The van der Waals surface area contributed by atoms with Crippen molar-refractivity contribution in [2.45, 2.75) is 13.5 Å². The number of hydrogen-bond donors (Lipinski definition) is 1. The minimum absolute atomic E-state index is 0.0174. The topological polar surface area (TPSA) is 63.1 Å². The van der Waals surface area contributed by atoms with Crippen molar-refractivity contribution in [3.63, 3.8) is 0 Å². The molecule has 0 aromatic carbocycles. The Morgan fingerprint density at radius 3 is 2.87 bits per heavy atom. The molecule has 0 spiro atoms. The highest BCUT2D eigenvalue weighted by Crippen LogP contribution is 2.02. The fraction of sp³-hybridized carbons (Fsp3) is 0.667. The number of aromatic nitrogens is 3. The molecule has 6 nitrogen and oxygen atoms in total. The zero-order valence-corrected chi connectivity index (χ0v) is 8.81. The van der Waals surface area contributed by atoms with E-state index in [9.17, 15) is 4.79 Å². The minimum atomic E-state index is -0.0174. The quantitative estimate of drug-likeness (QED) is 0.702. The van der Waals surface area contributed by atoms with E-state index in [1.807, 2.05) is 6.92 Å². The molecule has 1 aliphatic rings. The van der Waals surface area contributed by atoms with Crippen molar-refractivity contribution in [2.75, 3.05) is 26.2 Å². The highest BCUT2D eigenvalue weighted by Gasteiger charge is 2.20. The SMILES string of the molecule is CCn1cc(C(=O)N2CCNCC2)nn1. The van der Waals surface area contributed by atoms with Gasteiger partial charge in [-0.1, -0.05) is 5.21 Å². The standard InChI is InChI=1S/C9H15N5O/c1-2-14-7-8(11-12-14)9(15)13-5-3-10-4-6-13/h7,10H,2-6H2,1H3. The number of hydrogen-bond acceptors (Lipinski definition) is 4. The van der Waals surface area contributed by atoms with Crippen molar-refractivity contribution in [2.24, 2.45) is 0 Å². The van der Waals surface area contributed by atoms with Crippen LogP contribution in [0.5, 0.6) is 0 Å². The molecular weight excluding hydrogens is 194 g/mol. The largest absolute Gasteiger partial charge is 0.335 e. The third-order valence-electron chi connectivity index (χ3n) is 2.49. The lowest BCUT2D eigenvalue weighted by molar-refractivity contribution is 0.0730. The molecule has 1 saturated heterocycles. The number of amides is 1. The highest BCUT2D eigenvalue weighted by atomic mass is 16.2. The second kappa shape index (κ2) is 4.39. The summed E-state index contributed by atoms with van der Waals surface area (Å²) in [5, 5.41) is 10.9. The molecule has 0 unspecified atom stereocenters. The van der Waals surface area contributed by atoms with Gasteiger partial charge in [-0.3, -0.25) is 9.48 Å². The first kappa shape index (κ1) is 10.1. The van der Waals surface area contributed by atoms with Crippen LogP contribution in [0.25, 0.3) is 0 Å². The van der Waals surface area contributed by atoms with Crippen LogP contribution >= 0.6 is 0 Å². The van der Waals surface area contributed by atoms with Gasteiger partial charge in [0, 0.05) is 32.7 Å². The Morgan fingerprint density at radius 2 is 2.27 bits per heavy atom. The van der Waals surface area contributed by atoms with Gasteiger partial charge in [-0.15, -0.1) is 5.10 Å². The Morgan fingerprint density at radius 1 is 1.53 bits per heavy atom. The van der Waals surface area contributed by atoms with Gasteiger partial charge in [-0.2, -0.15) is 0 Å². The maximum atomic E-state index is 11.9. The summed E-state index contributed by atoms with van der Waals surface area (Å²) in [6.45, 7) is 5.91. The Bertz CT molecular complexity index is 342. The average molecular weight is 209 g/mol. The lowest BCUT2D eigenvalue weighted by Gasteiger charge is -2.26. The molecule has 1 fully saturated rings. The Kier molecular flexibility index (Phi) is 2.96. The van der Waals surface area contributed by atoms with Gasteiger partial charge in [-0.05, 0) is 6.92 Å². The van der Waals surface area contributed by atoms with Crippen LogP contribution in [0, 0.1) is 0 Å². The second-order valence-electron chi connectivity index (χ2n) is 3.50. The van der Waals surface area contributed by atoms with Crippen molar-refractivity contribution in [1.29, 1.82) is 0 Å². The number of carbonyl (C=O) groups is 1. The van der Waals surface area contributed by atoms with E-state index in [0.717, 1.165) is 32.7 Å². The van der Waals surface area contributed by atoms with E-state index < -0.39 is 0 Å². The minimum Gasteiger partial charge on any atom is -0.335 e. The van der Waals surface area contributed by atoms with E-state index in [1.165, 1.54) is 0 Å². The molecule has 0 saturated carbocycles. The van der Waals surface area contributed by atoms with Crippen LogP contribution in [-0.2, 0) is 6.54 Å². The van der Waals surface area contributed by atoms with Crippen molar-refractivity contribution < 1.29 is 4.79 Å². The van der Waals surface area contributed by atoms with Gasteiger partial charge in [0.1, 0.15) is 0 Å². The lowest BCUT2D eigenvalue weighted by atomic mass is 10.3. The number of piperazine rings is 1. The summed E-state index contributed by atoms with van der Waals surface area (Å²) in [6.07, 6.45) is 1.70. The van der Waals surface area contributed by atoms with E-state index >= 15 is 0 Å². The predicted octanol–water partition coefficient (Wildman–Crippen LogP) is -0.657. The van der Waals surface area contributed by atoms with E-state index in [2.05, 4.69) is 15.6 Å². The summed E-state index contributed by atoms with van der Waals surface area (Å²) >= 11 is 0. The maximum Gasteiger partial charge on any atom is 0.276 e. The molecule has 15 heavy (non-hydrogen) atoms. The molecule has 1 aromatic heterocycles. The molecule has 2 rings (SSSR count). The van der Waals surface area contributed by atoms with Crippen molar-refractivity contribution in [3.05, 3.63) is 11.9 Å². The molecule has 6 heteroatoms. The molecule has 0 atom stereocenters. The number of nitrogens with zero attached hydrogens (tertiary/aromatic N) is 4. The molecule has 0 radical (unpaired) electrons. The van der Waals surface area contributed by atoms with E-state index in [0.29, 0.717) is 5.69 Å². The summed E-state index contributed by atoms with van der Waals surface area (Å²) in [4.78, 5) is 13.7. The zero-order chi connectivity index (χ0) is 10.7. The molecule has 82 valence electrons. The van der Waals surface area contributed by atoms with Crippen LogP contribution in [0.3, 0.4) is 0 Å². The third-order valence-corrected chi connectivity index (χ3v) is 2.49. The third kappa shape index (κ3) is 2.15. The molecule has 0 aliphatic carbocycles. The van der Waals surface area contributed by atoms with E-state index in [4.69, 9.17) is 0 Å². The smallest absolute Gasteiger partial charge is 0.276 e. The maximum absolute atomic E-state index is 11.9. The van der Waals surface area contributed by atoms with Crippen LogP contribution < -0.4 is 5.32 Å². The average Bonchev–Trinajstić information content (AvgIpc) is 2.78. The van der Waals surface area contributed by atoms with Gasteiger partial charge < -0.3 is 10.2 Å². The van der Waals surface area contributed by atoms with Gasteiger partial charge >= 0.3 is 0 Å². The second-order valence-corrected chi connectivity index (χ2v) is 3.50. The van der Waals surface area contributed by atoms with Crippen LogP contribution in [0.1, 0.15) is 17.4 Å². The summed E-state index contributed by atoms with van der Waals surface area (Å²) in [5.74, 6) is -0.0174. The van der Waals surface area contributed by atoms with Crippen LogP contribution in [0.4, 0.5) is 0 Å². The predicted molar refractivity (Wildman–Crippen MR) is 54.5 cm³/mol. The van der Waals surface area contributed by atoms with Crippen molar-refractivity contribution in [1.82, 2.24) is 25.2 Å². The lowest BCUT2D eigenvalue weighted by Crippen LogP contribution is -2.46. The summed E-state index contributed by atoms with van der Waals surface area (Å²) in [7, 11) is 0. The normalized spacial score (nSPS) is 16.7. The Balaban J connectivity index is 2.05. The number of carbonyl (C=O) groups excluding carboxylic acids is 1. The first-order valence-corrected chi connectivity index (χ1v) is 5.21. The highest BCUT2D eigenvalue weighted by molar-refractivity contribution is 5.92. The Labute approximate surface area is 88.2 Å². The van der Waals surface area contributed by atoms with Crippen molar-refractivity contribution in [3.8, 4) is 0 Å². The fourth-order valence-corrected chi connectivity index (χ4v) is 1.58. The van der Waals surface area contributed by atoms with E-state index in [-0.39, 0.29) is 5.91 Å². The molecule has 1 N–H and O–H groups in total.